The Balaban J connectivity index is 1.40. The Labute approximate surface area is 272 Å². The maximum Gasteiger partial charge on any atom is 0.481 e. The van der Waals surface area contributed by atoms with Gasteiger partial charge in [-0.05, 0) is 68.6 Å². The second-order valence-electron chi connectivity index (χ2n) is 14.4. The first-order chi connectivity index (χ1) is 21.7. The minimum atomic E-state index is -0.792. The molecule has 1 aromatic rings. The summed E-state index contributed by atoms with van der Waals surface area (Å²) in [4.78, 5) is 54.0. The van der Waals surface area contributed by atoms with E-state index in [-0.39, 0.29) is 66.7 Å². The fraction of sp³-hybridized carbons (Fsp3) is 0.697. The zero-order valence-corrected chi connectivity index (χ0v) is 27.8. The zero-order valence-electron chi connectivity index (χ0n) is 27.8. The number of aliphatic imine (C=N–C) groups is 1. The minimum Gasteiger partial charge on any atom is -0.404 e. The number of Topliss-reactive ketones (excluding diaryl/α,β-unsaturated/α-hetero) is 2. The summed E-state index contributed by atoms with van der Waals surface area (Å²) in [6.45, 7) is 11.1. The summed E-state index contributed by atoms with van der Waals surface area (Å²) in [6.07, 6.45) is 4.25. The number of ketones is 2. The quantitative estimate of drug-likeness (QED) is 0.0427. The van der Waals surface area contributed by atoms with Gasteiger partial charge < -0.3 is 20.4 Å². The molecule has 1 heterocycles. The van der Waals surface area contributed by atoms with Crippen LogP contribution < -0.4 is 16.5 Å². The molecule has 4 fully saturated rings. The van der Waals surface area contributed by atoms with Gasteiger partial charge in [-0.1, -0.05) is 63.5 Å². The predicted octanol–water partition coefficient (Wildman–Crippen LogP) is 4.29. The smallest absolute Gasteiger partial charge is 0.404 e. The summed E-state index contributed by atoms with van der Waals surface area (Å²) in [7, 11) is -0.588. The van der Waals surface area contributed by atoms with E-state index in [0.717, 1.165) is 12.8 Å². The second-order valence-corrected chi connectivity index (χ2v) is 14.4. The van der Waals surface area contributed by atoms with E-state index in [9.17, 15) is 24.5 Å². The van der Waals surface area contributed by atoms with Crippen molar-refractivity contribution in [3.8, 4) is 0 Å². The number of hydrogen-bond acceptors (Lipinski definition) is 8. The highest BCUT2D eigenvalue weighted by molar-refractivity contribution is 6.47. The number of nitrogens with two attached hydrogens (primary N) is 1. The molecule has 3 saturated carbocycles. The molecule has 252 valence electrons. The number of carbonyl (C=O) groups is 3. The van der Waals surface area contributed by atoms with Crippen LogP contribution in [0.1, 0.15) is 103 Å². The van der Waals surface area contributed by atoms with Crippen LogP contribution in [0.2, 0.25) is 0 Å². The molecule has 0 spiro atoms. The Hall–Kier alpha value is -3.32. The van der Waals surface area contributed by atoms with E-state index < -0.39 is 29.6 Å². The van der Waals surface area contributed by atoms with E-state index in [1.165, 1.54) is 0 Å². The van der Waals surface area contributed by atoms with Gasteiger partial charge >= 0.3 is 7.12 Å². The van der Waals surface area contributed by atoms with Crippen LogP contribution in [0.5, 0.6) is 0 Å². The minimum absolute atomic E-state index is 0.0107. The molecular formula is C33H50BN5O7. The molecule has 6 atom stereocenters. The lowest BCUT2D eigenvalue weighted by atomic mass is 9.43. The molecule has 0 unspecified atom stereocenters. The topological polar surface area (TPSA) is 175 Å². The molecule has 4 aliphatic rings. The third-order valence-corrected chi connectivity index (χ3v) is 10.3. The van der Waals surface area contributed by atoms with Gasteiger partial charge in [0.25, 0.3) is 5.96 Å². The molecule has 4 N–H and O–H groups in total. The van der Waals surface area contributed by atoms with Crippen LogP contribution in [0.15, 0.2) is 35.3 Å². The molecule has 0 aromatic heterocycles. The number of nitro groups is 1. The maximum atomic E-state index is 13.8. The third kappa shape index (κ3) is 8.53. The molecule has 0 radical (unpaired) electrons. The van der Waals surface area contributed by atoms with Crippen molar-refractivity contribution in [1.29, 1.82) is 0 Å². The predicted molar refractivity (Wildman–Crippen MR) is 175 cm³/mol. The number of guanidine groups is 1. The summed E-state index contributed by atoms with van der Waals surface area (Å²) < 4.78 is 13.2. The van der Waals surface area contributed by atoms with Crippen molar-refractivity contribution in [1.82, 2.24) is 10.7 Å². The van der Waals surface area contributed by atoms with Crippen molar-refractivity contribution < 1.29 is 28.7 Å². The summed E-state index contributed by atoms with van der Waals surface area (Å²) in [5.74, 6) is -0.518. The third-order valence-electron chi connectivity index (χ3n) is 10.3. The van der Waals surface area contributed by atoms with Crippen molar-refractivity contribution in [2.24, 2.45) is 39.8 Å². The van der Waals surface area contributed by atoms with Crippen LogP contribution >= 0.6 is 0 Å². The SMILES string of the molecule is CC(C)C[C@H](NC(=O)[C@H](CCCN=C(N)N[N+](=O)[O-])CC(=O)CCCC(=O)c1ccccc1)B1O[C@@H]2C[C@@H]3C[C@@H](C3(C)C)[C@]2(C)O1. The standard InChI is InChI=1S/C33H50BN5O7/c1-21(2)17-29(34-45-28-20-24-19-27(32(24,3)4)33(28,5)46-34)37-30(42)23(13-10-16-36-31(35)38-39(43)44)18-25(40)14-9-15-26(41)22-11-7-6-8-12-22/h6-8,11-12,21,23-24,27-29H,9-10,13-20H2,1-5H3,(H,37,42)(H3,35,36,38)/t23-,24+,27+,28-,29+,33+/m1/s1. The van der Waals surface area contributed by atoms with Gasteiger partial charge in [-0.25, -0.2) is 15.1 Å². The number of hydrazine groups is 1. The van der Waals surface area contributed by atoms with Gasteiger partial charge in [-0.2, -0.15) is 0 Å². The number of rotatable bonds is 17. The highest BCUT2D eigenvalue weighted by Gasteiger charge is 2.68. The molecule has 1 saturated heterocycles. The largest absolute Gasteiger partial charge is 0.481 e. The van der Waals surface area contributed by atoms with Gasteiger partial charge in [-0.3, -0.25) is 14.4 Å². The summed E-state index contributed by atoms with van der Waals surface area (Å²) in [6, 6.07) is 8.96. The molecule has 5 rings (SSSR count). The van der Waals surface area contributed by atoms with Gasteiger partial charge in [0.05, 0.1) is 17.6 Å². The zero-order chi connectivity index (χ0) is 33.6. The first-order valence-electron chi connectivity index (χ1n) is 16.6. The highest BCUT2D eigenvalue weighted by Crippen LogP contribution is 2.65. The normalized spacial score (nSPS) is 26.1. The van der Waals surface area contributed by atoms with Crippen LogP contribution in [0, 0.1) is 39.2 Å². The second kappa shape index (κ2) is 15.1. The van der Waals surface area contributed by atoms with Gasteiger partial charge in [0.2, 0.25) is 5.91 Å². The van der Waals surface area contributed by atoms with Crippen molar-refractivity contribution in [2.45, 2.75) is 110 Å². The lowest BCUT2D eigenvalue weighted by Gasteiger charge is -2.64. The van der Waals surface area contributed by atoms with Crippen LogP contribution in [0.25, 0.3) is 0 Å². The number of nitrogens with zero attached hydrogens (tertiary/aromatic N) is 2. The number of nitrogens with one attached hydrogen (secondary N) is 2. The van der Waals surface area contributed by atoms with Crippen LogP contribution in [0.4, 0.5) is 0 Å². The van der Waals surface area contributed by atoms with E-state index in [2.05, 4.69) is 44.9 Å². The molecule has 46 heavy (non-hydrogen) atoms. The molecule has 12 nitrogen and oxygen atoms in total. The molecule has 13 heteroatoms. The van der Waals surface area contributed by atoms with E-state index in [1.54, 1.807) is 29.7 Å². The van der Waals surface area contributed by atoms with Crippen molar-refractivity contribution in [3.63, 3.8) is 0 Å². The average Bonchev–Trinajstić information content (AvgIpc) is 3.35. The van der Waals surface area contributed by atoms with Gasteiger partial charge in [0.1, 0.15) is 5.78 Å². The monoisotopic (exact) mass is 639 g/mol. The summed E-state index contributed by atoms with van der Waals surface area (Å²) >= 11 is 0. The average molecular weight is 640 g/mol. The van der Waals surface area contributed by atoms with Gasteiger partial charge in [0, 0.05) is 37.3 Å². The molecule has 1 amide bonds. The molecule has 2 bridgehead atoms. The van der Waals surface area contributed by atoms with E-state index in [0.29, 0.717) is 43.1 Å². The Kier molecular flexibility index (Phi) is 11.6. The first-order valence-corrected chi connectivity index (χ1v) is 16.6. The maximum absolute atomic E-state index is 13.8. The summed E-state index contributed by atoms with van der Waals surface area (Å²) in [5.41, 5.74) is 7.73. The van der Waals surface area contributed by atoms with Gasteiger partial charge in [0.15, 0.2) is 10.8 Å². The van der Waals surface area contributed by atoms with Crippen LogP contribution in [-0.4, -0.2) is 59.8 Å². The number of hydrogen-bond donors (Lipinski definition) is 3. The molecule has 3 aliphatic carbocycles. The molecular weight excluding hydrogens is 589 g/mol. The Morgan fingerprint density at radius 1 is 1.13 bits per heavy atom. The summed E-state index contributed by atoms with van der Waals surface area (Å²) in [5, 5.41) is 13.0. The van der Waals surface area contributed by atoms with E-state index in [4.69, 9.17) is 15.0 Å². The number of amides is 1. The van der Waals surface area contributed by atoms with E-state index >= 15 is 0 Å². The Morgan fingerprint density at radius 2 is 1.85 bits per heavy atom. The lowest BCUT2D eigenvalue weighted by molar-refractivity contribution is -0.525. The van der Waals surface area contributed by atoms with Crippen LogP contribution in [0.3, 0.4) is 0 Å². The van der Waals surface area contributed by atoms with Crippen molar-refractivity contribution >= 4 is 30.6 Å². The van der Waals surface area contributed by atoms with E-state index in [1.807, 2.05) is 6.07 Å². The number of benzene rings is 1. The fourth-order valence-corrected chi connectivity index (χ4v) is 7.70. The van der Waals surface area contributed by atoms with Gasteiger partial charge in [-0.15, -0.1) is 0 Å². The van der Waals surface area contributed by atoms with Crippen molar-refractivity contribution in [3.05, 3.63) is 46.0 Å². The molecule has 1 aliphatic heterocycles. The van der Waals surface area contributed by atoms with Crippen LogP contribution in [-0.2, 0) is 18.9 Å². The Morgan fingerprint density at radius 3 is 2.50 bits per heavy atom. The number of carbonyl (C=O) groups excluding carboxylic acids is 3. The lowest BCUT2D eigenvalue weighted by Crippen LogP contribution is -2.65. The fourth-order valence-electron chi connectivity index (χ4n) is 7.70. The molecule has 1 aromatic carbocycles. The first kappa shape index (κ1) is 35.5. The Bertz CT molecular complexity index is 1290. The van der Waals surface area contributed by atoms with Crippen molar-refractivity contribution in [2.75, 3.05) is 6.54 Å². The highest BCUT2D eigenvalue weighted by atomic mass is 16.7.